The average Bonchev–Trinajstić information content (AvgIpc) is 3.17. The van der Waals surface area contributed by atoms with Crippen molar-refractivity contribution in [2.24, 2.45) is 0 Å². The minimum Gasteiger partial charge on any atom is -0.494 e. The Bertz CT molecular complexity index is 760. The highest BCUT2D eigenvalue weighted by molar-refractivity contribution is 8.00. The van der Waals surface area contributed by atoms with Gasteiger partial charge in [0.15, 0.2) is 0 Å². The fourth-order valence-electron chi connectivity index (χ4n) is 3.64. The predicted molar refractivity (Wildman–Crippen MR) is 105 cm³/mol. The number of benzene rings is 1. The van der Waals surface area contributed by atoms with E-state index in [-0.39, 0.29) is 11.2 Å². The van der Waals surface area contributed by atoms with Gasteiger partial charge in [-0.3, -0.25) is 4.79 Å². The summed E-state index contributed by atoms with van der Waals surface area (Å²) in [5.74, 6) is 0.840. The number of para-hydroxylation sites is 2. The summed E-state index contributed by atoms with van der Waals surface area (Å²) >= 11 is 1.39. The van der Waals surface area contributed by atoms with E-state index in [1.807, 2.05) is 36.1 Å². The third-order valence-corrected chi connectivity index (χ3v) is 6.04. The number of carbonyl (C=O) groups excluding carboxylic acids is 1. The van der Waals surface area contributed by atoms with Gasteiger partial charge in [-0.25, -0.2) is 0 Å². The molecule has 1 aliphatic rings. The molecule has 1 unspecified atom stereocenters. The van der Waals surface area contributed by atoms with E-state index in [2.05, 4.69) is 22.4 Å². The second-order valence-corrected chi connectivity index (χ2v) is 8.03. The number of aromatic nitrogens is 4. The van der Waals surface area contributed by atoms with Gasteiger partial charge in [-0.2, -0.15) is 4.68 Å². The minimum atomic E-state index is -0.258. The van der Waals surface area contributed by atoms with Crippen molar-refractivity contribution in [3.63, 3.8) is 0 Å². The summed E-state index contributed by atoms with van der Waals surface area (Å²) in [5.41, 5.74) is 0.756. The van der Waals surface area contributed by atoms with Crippen molar-refractivity contribution in [3.05, 3.63) is 24.3 Å². The monoisotopic (exact) mass is 389 g/mol. The van der Waals surface area contributed by atoms with Crippen LogP contribution in [-0.2, 0) is 4.79 Å². The molecular formula is C19H27N5O2S. The molecule has 3 rings (SSSR count). The van der Waals surface area contributed by atoms with E-state index < -0.39 is 0 Å². The Morgan fingerprint density at radius 3 is 2.78 bits per heavy atom. The Kier molecular flexibility index (Phi) is 6.71. The molecule has 7 nitrogen and oxygen atoms in total. The van der Waals surface area contributed by atoms with Crippen LogP contribution in [0.15, 0.2) is 29.4 Å². The minimum absolute atomic E-state index is 0.156. The molecule has 1 heterocycles. The Hall–Kier alpha value is -2.09. The van der Waals surface area contributed by atoms with Crippen molar-refractivity contribution in [2.45, 2.75) is 62.4 Å². The summed E-state index contributed by atoms with van der Waals surface area (Å²) in [6, 6.07) is 7.93. The van der Waals surface area contributed by atoms with E-state index in [1.165, 1.54) is 31.0 Å². The number of ether oxygens (including phenoxy) is 1. The zero-order chi connectivity index (χ0) is 19.2. The normalized spacial score (nSPS) is 16.1. The molecule has 146 valence electrons. The number of tetrazole rings is 1. The fourth-order valence-corrected chi connectivity index (χ4v) is 4.51. The maximum atomic E-state index is 13.1. The van der Waals surface area contributed by atoms with E-state index in [1.54, 1.807) is 11.8 Å². The Labute approximate surface area is 164 Å². The van der Waals surface area contributed by atoms with Crippen molar-refractivity contribution < 1.29 is 9.53 Å². The average molecular weight is 390 g/mol. The number of methoxy groups -OCH3 is 1. The highest BCUT2D eigenvalue weighted by atomic mass is 32.2. The van der Waals surface area contributed by atoms with Crippen molar-refractivity contribution in [1.82, 2.24) is 25.1 Å². The maximum Gasteiger partial charge on any atom is 0.236 e. The largest absolute Gasteiger partial charge is 0.494 e. The van der Waals surface area contributed by atoms with E-state index in [4.69, 9.17) is 4.74 Å². The summed E-state index contributed by atoms with van der Waals surface area (Å²) in [7, 11) is 1.62. The number of thioether (sulfide) groups is 1. The van der Waals surface area contributed by atoms with Gasteiger partial charge in [0.2, 0.25) is 11.1 Å². The first-order valence-electron chi connectivity index (χ1n) is 9.54. The third kappa shape index (κ3) is 4.43. The first-order chi connectivity index (χ1) is 13.2. The zero-order valence-corrected chi connectivity index (χ0v) is 17.0. The maximum absolute atomic E-state index is 13.1. The van der Waals surface area contributed by atoms with Crippen LogP contribution in [0.3, 0.4) is 0 Å². The summed E-state index contributed by atoms with van der Waals surface area (Å²) in [5, 5.41) is 12.3. The summed E-state index contributed by atoms with van der Waals surface area (Å²) in [6.45, 7) is 4.73. The molecule has 0 spiro atoms. The summed E-state index contributed by atoms with van der Waals surface area (Å²) in [4.78, 5) is 15.1. The van der Waals surface area contributed by atoms with Gasteiger partial charge in [0.1, 0.15) is 11.4 Å². The van der Waals surface area contributed by atoms with Gasteiger partial charge in [0, 0.05) is 12.6 Å². The lowest BCUT2D eigenvalue weighted by molar-refractivity contribution is -0.133. The van der Waals surface area contributed by atoms with E-state index in [9.17, 15) is 4.79 Å². The number of hydrogen-bond donors (Lipinski definition) is 0. The number of rotatable bonds is 7. The smallest absolute Gasteiger partial charge is 0.236 e. The molecular weight excluding hydrogens is 362 g/mol. The molecule has 0 bridgehead atoms. The number of amides is 1. The van der Waals surface area contributed by atoms with E-state index in [0.29, 0.717) is 16.9 Å². The van der Waals surface area contributed by atoms with Gasteiger partial charge in [-0.15, -0.1) is 5.10 Å². The molecule has 1 aromatic carbocycles. The lowest BCUT2D eigenvalue weighted by atomic mass is 9.94. The quantitative estimate of drug-likeness (QED) is 0.676. The summed E-state index contributed by atoms with van der Waals surface area (Å²) < 4.78 is 7.04. The van der Waals surface area contributed by atoms with Crippen LogP contribution in [0.2, 0.25) is 0 Å². The molecule has 1 fully saturated rings. The molecule has 1 saturated carbocycles. The van der Waals surface area contributed by atoms with E-state index >= 15 is 0 Å². The van der Waals surface area contributed by atoms with Crippen LogP contribution in [0.5, 0.6) is 5.75 Å². The standard InChI is InChI=1S/C19H27N5O2S/c1-4-23(15-10-6-5-7-11-15)18(25)14(2)27-19-20-21-22-24(19)16-12-8-9-13-17(16)26-3/h8-9,12-15H,4-7,10-11H2,1-3H3. The Balaban J connectivity index is 1.75. The molecule has 27 heavy (non-hydrogen) atoms. The van der Waals surface area contributed by atoms with Gasteiger partial charge in [0.25, 0.3) is 0 Å². The molecule has 1 aromatic heterocycles. The van der Waals surface area contributed by atoms with Gasteiger partial charge < -0.3 is 9.64 Å². The van der Waals surface area contributed by atoms with Crippen molar-refractivity contribution in [1.29, 1.82) is 0 Å². The SMILES string of the molecule is CCN(C(=O)C(C)Sc1nnnn1-c1ccccc1OC)C1CCCCC1. The topological polar surface area (TPSA) is 73.1 Å². The first kappa shape index (κ1) is 19.7. The molecule has 1 amide bonds. The number of nitrogens with zero attached hydrogens (tertiary/aromatic N) is 5. The number of carbonyl (C=O) groups is 1. The van der Waals surface area contributed by atoms with Crippen LogP contribution in [0.25, 0.3) is 5.69 Å². The molecule has 0 radical (unpaired) electrons. The predicted octanol–water partition coefficient (Wildman–Crippen LogP) is 3.33. The van der Waals surface area contributed by atoms with Gasteiger partial charge in [-0.1, -0.05) is 43.2 Å². The van der Waals surface area contributed by atoms with Crippen LogP contribution in [0.4, 0.5) is 0 Å². The molecule has 1 atom stereocenters. The van der Waals surface area contributed by atoms with Crippen molar-refractivity contribution in [3.8, 4) is 11.4 Å². The molecule has 8 heteroatoms. The van der Waals surface area contributed by atoms with Gasteiger partial charge >= 0.3 is 0 Å². The van der Waals surface area contributed by atoms with Crippen LogP contribution in [0, 0.1) is 0 Å². The van der Waals surface area contributed by atoms with Gasteiger partial charge in [0.05, 0.1) is 12.4 Å². The summed E-state index contributed by atoms with van der Waals surface area (Å²) in [6.07, 6.45) is 5.91. The molecule has 0 saturated heterocycles. The zero-order valence-electron chi connectivity index (χ0n) is 16.2. The highest BCUT2D eigenvalue weighted by Crippen LogP contribution is 2.30. The number of hydrogen-bond acceptors (Lipinski definition) is 6. The first-order valence-corrected chi connectivity index (χ1v) is 10.4. The molecule has 1 aliphatic carbocycles. The Morgan fingerprint density at radius 2 is 2.07 bits per heavy atom. The Morgan fingerprint density at radius 1 is 1.33 bits per heavy atom. The second kappa shape index (κ2) is 9.21. The second-order valence-electron chi connectivity index (χ2n) is 6.72. The highest BCUT2D eigenvalue weighted by Gasteiger charge is 2.29. The van der Waals surface area contributed by atoms with Gasteiger partial charge in [-0.05, 0) is 49.2 Å². The lowest BCUT2D eigenvalue weighted by Gasteiger charge is -2.35. The lowest BCUT2D eigenvalue weighted by Crippen LogP contribution is -2.44. The van der Waals surface area contributed by atoms with Crippen molar-refractivity contribution in [2.75, 3.05) is 13.7 Å². The molecule has 0 N–H and O–H groups in total. The van der Waals surface area contributed by atoms with Crippen LogP contribution >= 0.6 is 11.8 Å². The van der Waals surface area contributed by atoms with Crippen molar-refractivity contribution >= 4 is 17.7 Å². The third-order valence-electron chi connectivity index (χ3n) is 5.02. The van der Waals surface area contributed by atoms with Crippen LogP contribution in [0.1, 0.15) is 46.0 Å². The van der Waals surface area contributed by atoms with Crippen LogP contribution in [-0.4, -0.2) is 56.0 Å². The fraction of sp³-hybridized carbons (Fsp3) is 0.579. The molecule has 2 aromatic rings. The van der Waals surface area contributed by atoms with Crippen LogP contribution < -0.4 is 4.74 Å². The molecule has 0 aliphatic heterocycles. The van der Waals surface area contributed by atoms with E-state index in [0.717, 1.165) is 25.1 Å².